The van der Waals surface area contributed by atoms with E-state index in [0.717, 1.165) is 31.2 Å². The molecule has 1 fully saturated rings. The summed E-state index contributed by atoms with van der Waals surface area (Å²) < 4.78 is 40.7. The van der Waals surface area contributed by atoms with Gasteiger partial charge in [0.2, 0.25) is 10.0 Å². The predicted octanol–water partition coefficient (Wildman–Crippen LogP) is 4.00. The number of halogens is 1. The third-order valence-electron chi connectivity index (χ3n) is 5.33. The molecular weight excluding hydrogens is 405 g/mol. The molecule has 162 valence electrons. The van der Waals surface area contributed by atoms with E-state index in [0.29, 0.717) is 25.3 Å². The predicted molar refractivity (Wildman–Crippen MR) is 115 cm³/mol. The molecule has 2 N–H and O–H groups in total. The van der Waals surface area contributed by atoms with Crippen molar-refractivity contribution in [3.05, 3.63) is 59.9 Å². The van der Waals surface area contributed by atoms with Crippen LogP contribution in [0, 0.1) is 11.7 Å². The highest BCUT2D eigenvalue weighted by Crippen LogP contribution is 2.19. The summed E-state index contributed by atoms with van der Waals surface area (Å²) in [4.78, 5) is 14.3. The fourth-order valence-electron chi connectivity index (χ4n) is 3.51. The first-order valence-electron chi connectivity index (χ1n) is 10.3. The van der Waals surface area contributed by atoms with Crippen LogP contribution in [0.15, 0.2) is 53.4 Å². The molecule has 1 aliphatic heterocycles. The number of carbonyl (C=O) groups excluding carboxylic acids is 1. The molecule has 0 saturated carbocycles. The summed E-state index contributed by atoms with van der Waals surface area (Å²) >= 11 is 0. The Bertz CT molecular complexity index is 939. The number of carbonyl (C=O) groups is 1. The molecule has 0 radical (unpaired) electrons. The largest absolute Gasteiger partial charge is 0.325 e. The van der Waals surface area contributed by atoms with Crippen LogP contribution in [0.3, 0.4) is 0 Å². The first-order chi connectivity index (χ1) is 14.4. The van der Waals surface area contributed by atoms with Gasteiger partial charge in [-0.2, -0.15) is 0 Å². The van der Waals surface area contributed by atoms with E-state index in [1.54, 1.807) is 17.0 Å². The Morgan fingerprint density at radius 2 is 1.70 bits per heavy atom. The average Bonchev–Trinajstić information content (AvgIpc) is 2.75. The number of benzene rings is 2. The maximum Gasteiger partial charge on any atom is 0.321 e. The number of sulfonamides is 1. The highest BCUT2D eigenvalue weighted by Gasteiger charge is 2.24. The molecule has 0 unspecified atom stereocenters. The first-order valence-corrected chi connectivity index (χ1v) is 11.8. The molecule has 0 aromatic heterocycles. The van der Waals surface area contributed by atoms with E-state index in [9.17, 15) is 17.6 Å². The third-order valence-corrected chi connectivity index (χ3v) is 6.77. The lowest BCUT2D eigenvalue weighted by Crippen LogP contribution is -2.43. The Morgan fingerprint density at radius 3 is 2.30 bits per heavy atom. The minimum Gasteiger partial charge on any atom is -0.325 e. The summed E-state index contributed by atoms with van der Waals surface area (Å²) in [5, 5.41) is 2.75. The van der Waals surface area contributed by atoms with E-state index in [1.807, 2.05) is 12.1 Å². The smallest absolute Gasteiger partial charge is 0.321 e. The number of anilines is 1. The highest BCUT2D eigenvalue weighted by atomic mass is 32.2. The second-order valence-corrected chi connectivity index (χ2v) is 9.38. The monoisotopic (exact) mass is 433 g/mol. The van der Waals surface area contributed by atoms with Gasteiger partial charge in [0.25, 0.3) is 0 Å². The topological polar surface area (TPSA) is 78.5 Å². The minimum atomic E-state index is -3.54. The van der Waals surface area contributed by atoms with Gasteiger partial charge < -0.3 is 10.2 Å². The molecule has 2 amide bonds. The summed E-state index contributed by atoms with van der Waals surface area (Å²) in [6.07, 6.45) is 3.38. The third kappa shape index (κ3) is 6.03. The van der Waals surface area contributed by atoms with Crippen molar-refractivity contribution in [1.82, 2.24) is 9.62 Å². The second-order valence-electron chi connectivity index (χ2n) is 7.61. The van der Waals surface area contributed by atoms with Gasteiger partial charge in [-0.1, -0.05) is 25.5 Å². The van der Waals surface area contributed by atoms with Gasteiger partial charge in [-0.15, -0.1) is 0 Å². The van der Waals surface area contributed by atoms with Crippen LogP contribution in [0.25, 0.3) is 0 Å². The number of piperidine rings is 1. The number of hydrogen-bond acceptors (Lipinski definition) is 3. The number of amides is 2. The maximum atomic E-state index is 13.0. The molecular formula is C22H28FN3O3S. The van der Waals surface area contributed by atoms with Gasteiger partial charge in [0.15, 0.2) is 0 Å². The summed E-state index contributed by atoms with van der Waals surface area (Å²) in [5.41, 5.74) is 1.67. The van der Waals surface area contributed by atoms with Crippen LogP contribution in [0.5, 0.6) is 0 Å². The van der Waals surface area contributed by atoms with Crippen LogP contribution < -0.4 is 10.0 Å². The number of likely N-dealkylation sites (tertiary alicyclic amines) is 1. The maximum absolute atomic E-state index is 13.0. The standard InChI is InChI=1S/C22H28FN3O3S/c1-2-3-17-4-10-21(11-5-17)30(28,29)24-16-18-12-14-26(15-13-18)22(27)25-20-8-6-19(23)7-9-20/h4-11,18,24H,2-3,12-16H2,1H3,(H,25,27). The SMILES string of the molecule is CCCc1ccc(S(=O)(=O)NCC2CCN(C(=O)Nc3ccc(F)cc3)CC2)cc1. The number of aryl methyl sites for hydroxylation is 1. The second kappa shape index (κ2) is 10.0. The van der Waals surface area contributed by atoms with Crippen molar-refractivity contribution >= 4 is 21.7 Å². The number of hydrogen-bond donors (Lipinski definition) is 2. The Kier molecular flexibility index (Phi) is 7.44. The zero-order valence-corrected chi connectivity index (χ0v) is 17.9. The van der Waals surface area contributed by atoms with Crippen molar-refractivity contribution in [2.75, 3.05) is 25.0 Å². The summed E-state index contributed by atoms with van der Waals surface area (Å²) in [7, 11) is -3.54. The molecule has 0 atom stereocenters. The Labute approximate surface area is 177 Å². The van der Waals surface area contributed by atoms with E-state index in [-0.39, 0.29) is 22.7 Å². The summed E-state index contributed by atoms with van der Waals surface area (Å²) in [5.74, 6) is -0.179. The molecule has 3 rings (SSSR count). The lowest BCUT2D eigenvalue weighted by Gasteiger charge is -2.32. The van der Waals surface area contributed by atoms with Gasteiger partial charge in [0.05, 0.1) is 4.90 Å². The highest BCUT2D eigenvalue weighted by molar-refractivity contribution is 7.89. The van der Waals surface area contributed by atoms with Gasteiger partial charge >= 0.3 is 6.03 Å². The number of urea groups is 1. The van der Waals surface area contributed by atoms with Crippen LogP contribution >= 0.6 is 0 Å². The van der Waals surface area contributed by atoms with Crippen molar-refractivity contribution in [1.29, 1.82) is 0 Å². The van der Waals surface area contributed by atoms with Crippen LogP contribution in [-0.2, 0) is 16.4 Å². The molecule has 1 aliphatic rings. The summed E-state index contributed by atoms with van der Waals surface area (Å²) in [6, 6.07) is 12.4. The lowest BCUT2D eigenvalue weighted by atomic mass is 9.97. The molecule has 2 aromatic carbocycles. The van der Waals surface area contributed by atoms with E-state index >= 15 is 0 Å². The van der Waals surface area contributed by atoms with Crippen molar-refractivity contribution in [2.24, 2.45) is 5.92 Å². The first kappa shape index (κ1) is 22.2. The number of nitrogens with one attached hydrogen (secondary N) is 2. The van der Waals surface area contributed by atoms with Crippen LogP contribution in [-0.4, -0.2) is 39.0 Å². The molecule has 2 aromatic rings. The Balaban J connectivity index is 1.46. The van der Waals surface area contributed by atoms with Crippen molar-refractivity contribution in [3.63, 3.8) is 0 Å². The van der Waals surface area contributed by atoms with Crippen LogP contribution in [0.1, 0.15) is 31.7 Å². The molecule has 6 nitrogen and oxygen atoms in total. The average molecular weight is 434 g/mol. The van der Waals surface area contributed by atoms with Crippen molar-refractivity contribution in [2.45, 2.75) is 37.5 Å². The van der Waals surface area contributed by atoms with Crippen molar-refractivity contribution in [3.8, 4) is 0 Å². The molecule has 1 saturated heterocycles. The van der Waals surface area contributed by atoms with E-state index in [1.165, 1.54) is 24.3 Å². The molecule has 0 aliphatic carbocycles. The zero-order chi connectivity index (χ0) is 21.6. The fraction of sp³-hybridized carbons (Fsp3) is 0.409. The molecule has 1 heterocycles. The Morgan fingerprint density at radius 1 is 1.07 bits per heavy atom. The fourth-order valence-corrected chi connectivity index (χ4v) is 4.63. The van der Waals surface area contributed by atoms with Crippen molar-refractivity contribution < 1.29 is 17.6 Å². The van der Waals surface area contributed by atoms with Crippen LogP contribution in [0.2, 0.25) is 0 Å². The van der Waals surface area contributed by atoms with Gasteiger partial charge in [0, 0.05) is 25.3 Å². The van der Waals surface area contributed by atoms with E-state index in [2.05, 4.69) is 17.0 Å². The molecule has 0 bridgehead atoms. The van der Waals surface area contributed by atoms with E-state index < -0.39 is 10.0 Å². The Hall–Kier alpha value is -2.45. The van der Waals surface area contributed by atoms with Gasteiger partial charge in [-0.05, 0) is 67.1 Å². The van der Waals surface area contributed by atoms with Gasteiger partial charge in [-0.25, -0.2) is 22.3 Å². The van der Waals surface area contributed by atoms with E-state index in [4.69, 9.17) is 0 Å². The van der Waals surface area contributed by atoms with Gasteiger partial charge in [0.1, 0.15) is 5.82 Å². The molecule has 8 heteroatoms. The summed E-state index contributed by atoms with van der Waals surface area (Å²) in [6.45, 7) is 3.53. The van der Waals surface area contributed by atoms with Gasteiger partial charge in [-0.3, -0.25) is 0 Å². The number of nitrogens with zero attached hydrogens (tertiary/aromatic N) is 1. The minimum absolute atomic E-state index is 0.175. The quantitative estimate of drug-likeness (QED) is 0.693. The normalized spacial score (nSPS) is 15.2. The molecule has 30 heavy (non-hydrogen) atoms. The zero-order valence-electron chi connectivity index (χ0n) is 17.1. The number of rotatable bonds is 7. The van der Waals surface area contributed by atoms with Crippen LogP contribution in [0.4, 0.5) is 14.9 Å². The molecule has 0 spiro atoms. The lowest BCUT2D eigenvalue weighted by molar-refractivity contribution is 0.183.